The van der Waals surface area contributed by atoms with Crippen LogP contribution in [0.25, 0.3) is 0 Å². The molecule has 1 atom stereocenters. The standard InChI is InChI=1S/C10H17N3O2S/c1-8(12-13(2)3)9-5-4-6-10(7-9)16(11,14)15/h4-8,12H,1-3H3,(H2,11,14,15). The van der Waals surface area contributed by atoms with Gasteiger partial charge in [0.15, 0.2) is 0 Å². The van der Waals surface area contributed by atoms with Crippen LogP contribution in [0.2, 0.25) is 0 Å². The minimum absolute atomic E-state index is 0.0247. The lowest BCUT2D eigenvalue weighted by Crippen LogP contribution is -2.32. The van der Waals surface area contributed by atoms with E-state index < -0.39 is 10.0 Å². The van der Waals surface area contributed by atoms with Crippen LogP contribution in [-0.4, -0.2) is 27.5 Å². The Labute approximate surface area is 96.3 Å². The number of nitrogens with two attached hydrogens (primary N) is 1. The van der Waals surface area contributed by atoms with Crippen LogP contribution in [0.3, 0.4) is 0 Å². The van der Waals surface area contributed by atoms with Crippen molar-refractivity contribution < 1.29 is 8.42 Å². The Balaban J connectivity index is 2.99. The highest BCUT2D eigenvalue weighted by Crippen LogP contribution is 2.16. The van der Waals surface area contributed by atoms with E-state index in [4.69, 9.17) is 5.14 Å². The molecule has 0 aliphatic rings. The molecule has 1 aromatic rings. The molecule has 0 saturated heterocycles. The molecule has 0 saturated carbocycles. The fourth-order valence-electron chi connectivity index (χ4n) is 1.42. The van der Waals surface area contributed by atoms with Gasteiger partial charge in [-0.2, -0.15) is 0 Å². The highest BCUT2D eigenvalue weighted by Gasteiger charge is 2.11. The van der Waals surface area contributed by atoms with Gasteiger partial charge < -0.3 is 0 Å². The Kier molecular flexibility index (Phi) is 4.03. The molecule has 16 heavy (non-hydrogen) atoms. The molecule has 0 fully saturated rings. The van der Waals surface area contributed by atoms with Gasteiger partial charge in [-0.25, -0.2) is 19.0 Å². The summed E-state index contributed by atoms with van der Waals surface area (Å²) >= 11 is 0. The zero-order valence-corrected chi connectivity index (χ0v) is 10.5. The number of primary sulfonamides is 1. The monoisotopic (exact) mass is 243 g/mol. The summed E-state index contributed by atoms with van der Waals surface area (Å²) in [5, 5.41) is 6.88. The maximum atomic E-state index is 11.2. The lowest BCUT2D eigenvalue weighted by atomic mass is 10.1. The van der Waals surface area contributed by atoms with E-state index >= 15 is 0 Å². The third-order valence-corrected chi connectivity index (χ3v) is 3.05. The maximum Gasteiger partial charge on any atom is 0.238 e. The zero-order valence-electron chi connectivity index (χ0n) is 9.64. The topological polar surface area (TPSA) is 75.4 Å². The fraction of sp³-hybridized carbons (Fsp3) is 0.400. The van der Waals surface area contributed by atoms with E-state index in [9.17, 15) is 8.42 Å². The fourth-order valence-corrected chi connectivity index (χ4v) is 1.99. The van der Waals surface area contributed by atoms with Crippen LogP contribution in [0.1, 0.15) is 18.5 Å². The number of hydrogen-bond donors (Lipinski definition) is 2. The first-order valence-electron chi connectivity index (χ1n) is 4.87. The summed E-state index contributed by atoms with van der Waals surface area (Å²) in [5.41, 5.74) is 4.01. The van der Waals surface area contributed by atoms with Crippen LogP contribution >= 0.6 is 0 Å². The normalized spacial score (nSPS) is 14.1. The van der Waals surface area contributed by atoms with Gasteiger partial charge in [-0.15, -0.1) is 0 Å². The third-order valence-electron chi connectivity index (χ3n) is 2.14. The van der Waals surface area contributed by atoms with Crippen molar-refractivity contribution in [2.45, 2.75) is 17.9 Å². The Hall–Kier alpha value is -0.950. The second-order valence-corrected chi connectivity index (χ2v) is 5.42. The molecule has 0 aliphatic carbocycles. The van der Waals surface area contributed by atoms with Gasteiger partial charge in [0.1, 0.15) is 0 Å². The smallest absolute Gasteiger partial charge is 0.238 e. The van der Waals surface area contributed by atoms with Gasteiger partial charge in [0.25, 0.3) is 0 Å². The molecule has 0 amide bonds. The molecule has 3 N–H and O–H groups in total. The minimum atomic E-state index is -3.63. The predicted octanol–water partition coefficient (Wildman–Crippen LogP) is 0.461. The summed E-state index contributed by atoms with van der Waals surface area (Å²) in [6.07, 6.45) is 0. The molecule has 0 radical (unpaired) electrons. The molecule has 0 bridgehead atoms. The Morgan fingerprint density at radius 3 is 2.50 bits per heavy atom. The van der Waals surface area contributed by atoms with Gasteiger partial charge >= 0.3 is 0 Å². The summed E-state index contributed by atoms with van der Waals surface area (Å²) < 4.78 is 22.4. The van der Waals surface area contributed by atoms with Crippen LogP contribution in [-0.2, 0) is 10.0 Å². The first kappa shape index (κ1) is 13.1. The zero-order chi connectivity index (χ0) is 12.3. The van der Waals surface area contributed by atoms with Crippen molar-refractivity contribution in [2.75, 3.05) is 14.1 Å². The number of rotatable bonds is 4. The van der Waals surface area contributed by atoms with Gasteiger partial charge in [0.2, 0.25) is 10.0 Å². The van der Waals surface area contributed by atoms with Crippen LogP contribution in [0.4, 0.5) is 0 Å². The molecule has 6 heteroatoms. The van der Waals surface area contributed by atoms with E-state index in [2.05, 4.69) is 5.43 Å². The molecule has 0 aliphatic heterocycles. The van der Waals surface area contributed by atoms with Crippen molar-refractivity contribution in [1.82, 2.24) is 10.4 Å². The lowest BCUT2D eigenvalue weighted by molar-refractivity contribution is 0.252. The molecule has 0 heterocycles. The number of benzene rings is 1. The lowest BCUT2D eigenvalue weighted by Gasteiger charge is -2.19. The summed E-state index contributed by atoms with van der Waals surface area (Å²) in [6.45, 7) is 1.95. The minimum Gasteiger partial charge on any atom is -0.250 e. The quantitative estimate of drug-likeness (QED) is 0.753. The molecule has 0 spiro atoms. The van der Waals surface area contributed by atoms with Crippen molar-refractivity contribution >= 4 is 10.0 Å². The van der Waals surface area contributed by atoms with Crippen LogP contribution < -0.4 is 10.6 Å². The van der Waals surface area contributed by atoms with Crippen molar-refractivity contribution in [1.29, 1.82) is 0 Å². The summed E-state index contributed by atoms with van der Waals surface area (Å²) in [5.74, 6) is 0. The largest absolute Gasteiger partial charge is 0.250 e. The van der Waals surface area contributed by atoms with E-state index in [0.717, 1.165) is 5.56 Å². The van der Waals surface area contributed by atoms with Crippen molar-refractivity contribution in [2.24, 2.45) is 5.14 Å². The Morgan fingerprint density at radius 1 is 1.38 bits per heavy atom. The predicted molar refractivity (Wildman–Crippen MR) is 63.1 cm³/mol. The van der Waals surface area contributed by atoms with Crippen LogP contribution in [0.5, 0.6) is 0 Å². The maximum absolute atomic E-state index is 11.2. The van der Waals surface area contributed by atoms with Crippen molar-refractivity contribution in [3.05, 3.63) is 29.8 Å². The van der Waals surface area contributed by atoms with Gasteiger partial charge in [-0.05, 0) is 24.6 Å². The molecule has 1 aromatic carbocycles. The first-order chi connectivity index (χ1) is 7.30. The van der Waals surface area contributed by atoms with E-state index in [1.165, 1.54) is 6.07 Å². The summed E-state index contributed by atoms with van der Waals surface area (Å²) in [4.78, 5) is 0.136. The molecule has 0 aromatic heterocycles. The number of sulfonamides is 1. The Morgan fingerprint density at radius 2 is 2.00 bits per heavy atom. The molecule has 1 unspecified atom stereocenters. The molecular formula is C10H17N3O2S. The average molecular weight is 243 g/mol. The van der Waals surface area contributed by atoms with Crippen molar-refractivity contribution in [3.63, 3.8) is 0 Å². The van der Waals surface area contributed by atoms with Gasteiger partial charge in [-0.3, -0.25) is 5.01 Å². The van der Waals surface area contributed by atoms with Crippen molar-refractivity contribution in [3.8, 4) is 0 Å². The van der Waals surface area contributed by atoms with Gasteiger partial charge in [0, 0.05) is 20.1 Å². The van der Waals surface area contributed by atoms with E-state index in [1.807, 2.05) is 32.1 Å². The van der Waals surface area contributed by atoms with E-state index in [-0.39, 0.29) is 10.9 Å². The van der Waals surface area contributed by atoms with Crippen LogP contribution in [0, 0.1) is 0 Å². The molecule has 90 valence electrons. The molecule has 5 nitrogen and oxygen atoms in total. The first-order valence-corrected chi connectivity index (χ1v) is 6.41. The number of nitrogens with one attached hydrogen (secondary N) is 1. The SMILES string of the molecule is CC(NN(C)C)c1cccc(S(N)(=O)=O)c1. The third kappa shape index (κ3) is 3.57. The summed E-state index contributed by atoms with van der Waals surface area (Å²) in [7, 11) is 0.121. The number of hydrogen-bond acceptors (Lipinski definition) is 4. The van der Waals surface area contributed by atoms with Gasteiger partial charge in [-0.1, -0.05) is 12.1 Å². The Bertz CT molecular complexity index is 457. The molecular weight excluding hydrogens is 226 g/mol. The van der Waals surface area contributed by atoms with Gasteiger partial charge in [0.05, 0.1) is 4.90 Å². The number of hydrazine groups is 1. The average Bonchev–Trinajstić information content (AvgIpc) is 2.15. The van der Waals surface area contributed by atoms with E-state index in [1.54, 1.807) is 12.1 Å². The van der Waals surface area contributed by atoms with Crippen LogP contribution in [0.15, 0.2) is 29.2 Å². The molecule has 1 rings (SSSR count). The second kappa shape index (κ2) is 4.92. The van der Waals surface area contributed by atoms with E-state index in [0.29, 0.717) is 0 Å². The highest BCUT2D eigenvalue weighted by molar-refractivity contribution is 7.89. The second-order valence-electron chi connectivity index (χ2n) is 3.86. The highest BCUT2D eigenvalue weighted by atomic mass is 32.2. The number of nitrogens with zero attached hydrogens (tertiary/aromatic N) is 1. The summed E-state index contributed by atoms with van der Waals surface area (Å²) in [6, 6.07) is 6.63.